The summed E-state index contributed by atoms with van der Waals surface area (Å²) in [6, 6.07) is 52.1. The van der Waals surface area contributed by atoms with Crippen LogP contribution in [0.5, 0.6) is 0 Å². The number of nitrogens with one attached hydrogen (secondary N) is 2. The Bertz CT molecular complexity index is 1840. The fourth-order valence-electron chi connectivity index (χ4n) is 6.02. The highest BCUT2D eigenvalue weighted by Crippen LogP contribution is 2.45. The van der Waals surface area contributed by atoms with Crippen LogP contribution in [-0.4, -0.2) is 0 Å². The molecule has 0 aliphatic carbocycles. The maximum absolute atomic E-state index is 3.85. The zero-order chi connectivity index (χ0) is 30.5. The minimum Gasteiger partial charge on any atom is -0.355 e. The standard InChI is InChI=1S/C42H40N2/c1-29(2)35-19-11-13-21-38(35)43-34-25-23-31(24-26-34)37-27-28-40(44-39-22-14-12-20-36(39)30(3)4)42(33-17-9-6-10-18-33)41(37)32-15-7-5-8-16-32/h5-30,43-44H,1-4H3. The van der Waals surface area contributed by atoms with Gasteiger partial charge >= 0.3 is 0 Å². The Morgan fingerprint density at radius 2 is 0.841 bits per heavy atom. The molecule has 2 nitrogen and oxygen atoms in total. The number of para-hydroxylation sites is 2. The highest BCUT2D eigenvalue weighted by atomic mass is 14.9. The smallest absolute Gasteiger partial charge is 0.0470 e. The lowest BCUT2D eigenvalue weighted by atomic mass is 9.86. The van der Waals surface area contributed by atoms with Crippen molar-refractivity contribution in [1.82, 2.24) is 0 Å². The molecule has 0 heterocycles. The van der Waals surface area contributed by atoms with Crippen molar-refractivity contribution >= 4 is 22.7 Å². The Labute approximate surface area is 262 Å². The predicted molar refractivity (Wildman–Crippen MR) is 190 cm³/mol. The molecule has 44 heavy (non-hydrogen) atoms. The van der Waals surface area contributed by atoms with Gasteiger partial charge in [-0.25, -0.2) is 0 Å². The first kappa shape index (κ1) is 29.0. The lowest BCUT2D eigenvalue weighted by molar-refractivity contribution is 0.869. The molecule has 0 fully saturated rings. The molecule has 0 spiro atoms. The number of anilines is 4. The maximum atomic E-state index is 3.85. The van der Waals surface area contributed by atoms with Crippen molar-refractivity contribution in [3.05, 3.63) is 157 Å². The fraction of sp³-hybridized carbons (Fsp3) is 0.143. The zero-order valence-electron chi connectivity index (χ0n) is 26.0. The van der Waals surface area contributed by atoms with E-state index in [0.717, 1.165) is 22.7 Å². The van der Waals surface area contributed by atoms with Gasteiger partial charge in [-0.2, -0.15) is 0 Å². The number of hydrogen-bond acceptors (Lipinski definition) is 2. The van der Waals surface area contributed by atoms with Gasteiger partial charge in [0.15, 0.2) is 0 Å². The molecule has 6 rings (SSSR count). The summed E-state index contributed by atoms with van der Waals surface area (Å²) in [7, 11) is 0. The molecule has 0 unspecified atom stereocenters. The Morgan fingerprint density at radius 1 is 0.364 bits per heavy atom. The molecule has 218 valence electrons. The molecule has 6 aromatic carbocycles. The third-order valence-corrected chi connectivity index (χ3v) is 8.24. The molecule has 0 aliphatic rings. The third-order valence-electron chi connectivity index (χ3n) is 8.24. The molecule has 0 aromatic heterocycles. The van der Waals surface area contributed by atoms with Crippen LogP contribution in [0.1, 0.15) is 50.7 Å². The molecule has 0 saturated carbocycles. The molecule has 2 N–H and O–H groups in total. The van der Waals surface area contributed by atoms with E-state index in [9.17, 15) is 0 Å². The van der Waals surface area contributed by atoms with Gasteiger partial charge < -0.3 is 10.6 Å². The Kier molecular flexibility index (Phi) is 8.61. The number of rotatable bonds is 9. The van der Waals surface area contributed by atoms with Gasteiger partial charge in [0, 0.05) is 28.3 Å². The molecular weight excluding hydrogens is 532 g/mol. The summed E-state index contributed by atoms with van der Waals surface area (Å²) in [5.74, 6) is 0.855. The third kappa shape index (κ3) is 6.16. The normalized spacial score (nSPS) is 11.1. The largest absolute Gasteiger partial charge is 0.355 e. The second-order valence-electron chi connectivity index (χ2n) is 12.0. The highest BCUT2D eigenvalue weighted by Gasteiger charge is 2.19. The summed E-state index contributed by atoms with van der Waals surface area (Å²) >= 11 is 0. The van der Waals surface area contributed by atoms with E-state index in [1.165, 1.54) is 44.5 Å². The van der Waals surface area contributed by atoms with E-state index < -0.39 is 0 Å². The lowest BCUT2D eigenvalue weighted by Gasteiger charge is -2.23. The van der Waals surface area contributed by atoms with Gasteiger partial charge in [0.1, 0.15) is 0 Å². The molecular formula is C42H40N2. The summed E-state index contributed by atoms with van der Waals surface area (Å²) in [4.78, 5) is 0. The zero-order valence-corrected chi connectivity index (χ0v) is 26.0. The fourth-order valence-corrected chi connectivity index (χ4v) is 6.02. The molecule has 0 saturated heterocycles. The SMILES string of the molecule is CC(C)c1ccccc1Nc1ccc(-c2ccc(Nc3ccccc3C(C)C)c(-c3ccccc3)c2-c2ccccc2)cc1. The topological polar surface area (TPSA) is 24.1 Å². The average molecular weight is 573 g/mol. The predicted octanol–water partition coefficient (Wildman–Crippen LogP) is 12.4. The van der Waals surface area contributed by atoms with Crippen LogP contribution < -0.4 is 10.6 Å². The summed E-state index contributed by atoms with van der Waals surface area (Å²) in [5, 5.41) is 7.51. The van der Waals surface area contributed by atoms with Crippen LogP contribution in [0.4, 0.5) is 22.7 Å². The Hall–Kier alpha value is -5.08. The van der Waals surface area contributed by atoms with Gasteiger partial charge in [-0.1, -0.05) is 143 Å². The van der Waals surface area contributed by atoms with Crippen LogP contribution in [0.2, 0.25) is 0 Å². The minimum atomic E-state index is 0.409. The van der Waals surface area contributed by atoms with Crippen LogP contribution in [-0.2, 0) is 0 Å². The van der Waals surface area contributed by atoms with Gasteiger partial charge in [0.2, 0.25) is 0 Å². The maximum Gasteiger partial charge on any atom is 0.0470 e. The number of benzene rings is 6. The average Bonchev–Trinajstić information content (AvgIpc) is 3.06. The van der Waals surface area contributed by atoms with Crippen LogP contribution in [0.15, 0.2) is 146 Å². The van der Waals surface area contributed by atoms with E-state index in [2.05, 4.69) is 184 Å². The first-order chi connectivity index (χ1) is 21.5. The van der Waals surface area contributed by atoms with Crippen LogP contribution in [0.25, 0.3) is 33.4 Å². The monoisotopic (exact) mass is 572 g/mol. The summed E-state index contributed by atoms with van der Waals surface area (Å²) in [6.45, 7) is 8.96. The first-order valence-electron chi connectivity index (χ1n) is 15.6. The van der Waals surface area contributed by atoms with Crippen LogP contribution in [0.3, 0.4) is 0 Å². The molecule has 0 amide bonds. The van der Waals surface area contributed by atoms with Crippen molar-refractivity contribution in [2.24, 2.45) is 0 Å². The van der Waals surface area contributed by atoms with Crippen molar-refractivity contribution in [3.8, 4) is 33.4 Å². The molecule has 0 aliphatic heterocycles. The molecule has 0 atom stereocenters. The highest BCUT2D eigenvalue weighted by molar-refractivity contribution is 6.01. The molecule has 0 radical (unpaired) electrons. The van der Waals surface area contributed by atoms with Crippen LogP contribution in [0, 0.1) is 0 Å². The Morgan fingerprint density at radius 3 is 1.39 bits per heavy atom. The van der Waals surface area contributed by atoms with E-state index >= 15 is 0 Å². The van der Waals surface area contributed by atoms with Crippen molar-refractivity contribution in [2.45, 2.75) is 39.5 Å². The van der Waals surface area contributed by atoms with E-state index in [-0.39, 0.29) is 0 Å². The van der Waals surface area contributed by atoms with Gasteiger partial charge in [0.05, 0.1) is 0 Å². The lowest BCUT2D eigenvalue weighted by Crippen LogP contribution is -2.01. The summed E-state index contributed by atoms with van der Waals surface area (Å²) in [5.41, 5.74) is 14.3. The van der Waals surface area contributed by atoms with Crippen LogP contribution >= 0.6 is 0 Å². The van der Waals surface area contributed by atoms with Crippen molar-refractivity contribution in [1.29, 1.82) is 0 Å². The van der Waals surface area contributed by atoms with Crippen molar-refractivity contribution in [2.75, 3.05) is 10.6 Å². The van der Waals surface area contributed by atoms with Gasteiger partial charge in [-0.3, -0.25) is 0 Å². The Balaban J connectivity index is 1.49. The van der Waals surface area contributed by atoms with Gasteiger partial charge in [0.25, 0.3) is 0 Å². The second-order valence-corrected chi connectivity index (χ2v) is 12.0. The number of hydrogen-bond donors (Lipinski definition) is 2. The summed E-state index contributed by atoms with van der Waals surface area (Å²) < 4.78 is 0. The van der Waals surface area contributed by atoms with E-state index in [1.807, 2.05) is 0 Å². The molecule has 6 aromatic rings. The molecule has 0 bridgehead atoms. The quantitative estimate of drug-likeness (QED) is 0.180. The van der Waals surface area contributed by atoms with Gasteiger partial charge in [-0.15, -0.1) is 0 Å². The summed E-state index contributed by atoms with van der Waals surface area (Å²) in [6.07, 6.45) is 0. The van der Waals surface area contributed by atoms with E-state index in [0.29, 0.717) is 11.8 Å². The first-order valence-corrected chi connectivity index (χ1v) is 15.6. The van der Waals surface area contributed by atoms with E-state index in [1.54, 1.807) is 0 Å². The van der Waals surface area contributed by atoms with Gasteiger partial charge in [-0.05, 0) is 81.1 Å². The van der Waals surface area contributed by atoms with E-state index in [4.69, 9.17) is 0 Å². The van der Waals surface area contributed by atoms with Crippen molar-refractivity contribution < 1.29 is 0 Å². The van der Waals surface area contributed by atoms with Crippen molar-refractivity contribution in [3.63, 3.8) is 0 Å². The molecule has 2 heteroatoms. The second kappa shape index (κ2) is 13.1. The minimum absolute atomic E-state index is 0.409.